The van der Waals surface area contributed by atoms with Crippen LogP contribution < -0.4 is 20.8 Å². The molecule has 7 aliphatic heterocycles. The number of Topliss-reactive ketones (excluding diaryl/α,β-unsaturated/α-hetero) is 1. The molecule has 18 nitrogen and oxygen atoms in total. The molecule has 3 saturated heterocycles. The third kappa shape index (κ3) is 10.9. The van der Waals surface area contributed by atoms with Crippen molar-refractivity contribution in [2.75, 3.05) is 84.9 Å². The smallest absolute Gasteiger partial charge is 0.410 e. The topological polar surface area (TPSA) is 219 Å². The Kier molecular flexibility index (Phi) is 16.6. The molecule has 74 heavy (non-hydrogen) atoms. The maximum absolute atomic E-state index is 15.0. The summed E-state index contributed by atoms with van der Waals surface area (Å²) in [5.74, 6) is -5.51. The number of nitrogens with zero attached hydrogens (tertiary/aromatic N) is 6. The van der Waals surface area contributed by atoms with Crippen molar-refractivity contribution < 1.29 is 53.8 Å². The number of phenolic OH excluding ortho intramolecular Hbond substituents is 2. The van der Waals surface area contributed by atoms with E-state index in [1.54, 1.807) is 56.9 Å². The molecule has 0 aliphatic carbocycles. The fourth-order valence-electron chi connectivity index (χ4n) is 12.0. The molecular weight excluding hydrogens is 947 g/mol. The summed E-state index contributed by atoms with van der Waals surface area (Å²) in [4.78, 5) is 61.7. The number of fused-ring (bicyclic) bond motifs is 13. The van der Waals surface area contributed by atoms with Gasteiger partial charge in [-0.3, -0.25) is 19.5 Å². The van der Waals surface area contributed by atoms with Gasteiger partial charge in [0.1, 0.15) is 34.0 Å². The first-order chi connectivity index (χ1) is 35.1. The van der Waals surface area contributed by atoms with Crippen LogP contribution >= 0.6 is 0 Å². The number of ether oxygens (including phenoxy) is 4. The average Bonchev–Trinajstić information content (AvgIpc) is 3.88. The summed E-state index contributed by atoms with van der Waals surface area (Å²) in [5, 5.41) is 51.7. The summed E-state index contributed by atoms with van der Waals surface area (Å²) >= 11 is 0. The molecule has 18 heteroatoms. The van der Waals surface area contributed by atoms with Crippen LogP contribution in [0.2, 0.25) is 0 Å². The predicted octanol–water partition coefficient (Wildman–Crippen LogP) is 5.28. The van der Waals surface area contributed by atoms with Gasteiger partial charge in [0.15, 0.2) is 5.75 Å². The van der Waals surface area contributed by atoms with E-state index in [-0.39, 0.29) is 49.7 Å². The van der Waals surface area contributed by atoms with Gasteiger partial charge < -0.3 is 59.4 Å². The number of hydrogen-bond acceptors (Lipinski definition) is 16. The zero-order chi connectivity index (χ0) is 53.6. The molecule has 2 aromatic rings. The second-order valence-corrected chi connectivity index (χ2v) is 22.8. The Morgan fingerprint density at radius 1 is 0.878 bits per heavy atom. The summed E-state index contributed by atoms with van der Waals surface area (Å²) < 4.78 is 25.1. The third-order valence-electron chi connectivity index (χ3n) is 16.8. The standard InChI is InChI=1S/C56H81N7O11/c1-31(2)29-61-22-18-56(19-23-61)58-43-40-41-48(66)37(8)51-42(40)52(68)55(9,74-51)72-28-17-39(71-11)34(5)50(73-54(70)63-26-24-62(25-27-63)30-38-15-20-60(10)21-16-38)36(7)47(65)35(6)46(64)32(3)13-12-14-33(4)53(69)57-45(49(41)67)44(43)59-56/h12-14,17,28,31-32,34-36,38-39,46-47,50,58,64-67H,15-16,18-27,29-30H2,1-11H3/b13-12+,28-17+,33-14-,57-45?/t32-,34+,35+,36+,39-,46-,47+,50+,55-/m0/s1. The van der Waals surface area contributed by atoms with Crippen molar-refractivity contribution in [1.29, 1.82) is 0 Å². The zero-order valence-electron chi connectivity index (χ0n) is 45.4. The lowest BCUT2D eigenvalue weighted by Crippen LogP contribution is -2.53. The van der Waals surface area contributed by atoms with Crippen LogP contribution in [-0.4, -0.2) is 173 Å². The Balaban J connectivity index is 1.15. The highest BCUT2D eigenvalue weighted by Crippen LogP contribution is 2.51. The molecule has 7 aliphatic rings. The molecule has 5 bridgehead atoms. The summed E-state index contributed by atoms with van der Waals surface area (Å²) in [6, 6.07) is 0. The highest BCUT2D eigenvalue weighted by Gasteiger charge is 2.51. The first-order valence-corrected chi connectivity index (χ1v) is 26.8. The molecule has 0 aromatic heterocycles. The second-order valence-electron chi connectivity index (χ2n) is 22.8. The van der Waals surface area contributed by atoms with Crippen molar-refractivity contribution in [2.45, 2.75) is 124 Å². The number of benzene rings is 2. The number of carbonyl (C=O) groups is 3. The monoisotopic (exact) mass is 1030 g/mol. The van der Waals surface area contributed by atoms with Crippen LogP contribution in [-0.2, 0) is 19.0 Å². The van der Waals surface area contributed by atoms with Crippen molar-refractivity contribution in [3.05, 3.63) is 58.0 Å². The molecule has 0 radical (unpaired) electrons. The Morgan fingerprint density at radius 3 is 2.20 bits per heavy atom. The molecule has 7 heterocycles. The van der Waals surface area contributed by atoms with Gasteiger partial charge in [0.2, 0.25) is 0 Å². The molecule has 2 aromatic carbocycles. The van der Waals surface area contributed by atoms with E-state index in [9.17, 15) is 34.8 Å². The fourth-order valence-corrected chi connectivity index (χ4v) is 12.0. The van der Waals surface area contributed by atoms with Crippen molar-refractivity contribution in [1.82, 2.24) is 19.6 Å². The summed E-state index contributed by atoms with van der Waals surface area (Å²) in [6.45, 7) is 24.1. The van der Waals surface area contributed by atoms with E-state index in [1.165, 1.54) is 20.3 Å². The number of hydrogen-bond donors (Lipinski definition) is 5. The minimum Gasteiger partial charge on any atom is -0.507 e. The molecule has 9 atom stereocenters. The van der Waals surface area contributed by atoms with E-state index in [1.807, 2.05) is 13.8 Å². The van der Waals surface area contributed by atoms with Gasteiger partial charge in [-0.05, 0) is 64.7 Å². The van der Waals surface area contributed by atoms with E-state index in [2.05, 4.69) is 45.9 Å². The number of carbonyl (C=O) groups excluding carboxylic acids is 3. The number of piperidine rings is 2. The number of phenols is 2. The largest absolute Gasteiger partial charge is 0.507 e. The number of aliphatic hydroxyl groups is 2. The number of piperazine rings is 1. The second kappa shape index (κ2) is 22.2. The molecule has 1 spiro atoms. The molecule has 406 valence electrons. The van der Waals surface area contributed by atoms with Crippen molar-refractivity contribution in [3.8, 4) is 17.2 Å². The summed E-state index contributed by atoms with van der Waals surface area (Å²) in [7, 11) is 3.67. The van der Waals surface area contributed by atoms with Crippen LogP contribution in [0.5, 0.6) is 17.2 Å². The van der Waals surface area contributed by atoms with Crippen LogP contribution in [0.25, 0.3) is 10.8 Å². The number of anilines is 1. The molecule has 0 unspecified atom stereocenters. The van der Waals surface area contributed by atoms with Gasteiger partial charge >= 0.3 is 11.9 Å². The lowest BCUT2D eigenvalue weighted by atomic mass is 9.78. The number of allylic oxidation sites excluding steroid dienone is 2. The third-order valence-corrected chi connectivity index (χ3v) is 16.8. The van der Waals surface area contributed by atoms with E-state index in [4.69, 9.17) is 23.9 Å². The maximum Gasteiger partial charge on any atom is 0.410 e. The van der Waals surface area contributed by atoms with Gasteiger partial charge in [-0.25, -0.2) is 9.79 Å². The van der Waals surface area contributed by atoms with Gasteiger partial charge in [0.25, 0.3) is 11.7 Å². The molecule has 9 rings (SSSR count). The van der Waals surface area contributed by atoms with Crippen LogP contribution in [0.3, 0.4) is 0 Å². The predicted molar refractivity (Wildman–Crippen MR) is 281 cm³/mol. The minimum atomic E-state index is -1.97. The number of ketones is 1. The van der Waals surface area contributed by atoms with E-state index >= 15 is 0 Å². The highest BCUT2D eigenvalue weighted by atomic mass is 16.7. The Bertz CT molecular complexity index is 2670. The number of aromatic hydroxyl groups is 2. The lowest BCUT2D eigenvalue weighted by molar-refractivity contribution is -0.114. The average molecular weight is 1030 g/mol. The Hall–Kier alpha value is -5.11. The van der Waals surface area contributed by atoms with Crippen LogP contribution in [0.1, 0.15) is 97.0 Å². The lowest BCUT2D eigenvalue weighted by Gasteiger charge is -2.41. The summed E-state index contributed by atoms with van der Waals surface area (Å²) in [5.41, 5.74) is -0.107. The number of rotatable bonds is 6. The van der Waals surface area contributed by atoms with Gasteiger partial charge in [-0.1, -0.05) is 59.8 Å². The number of methoxy groups -OCH3 is 1. The first-order valence-electron chi connectivity index (χ1n) is 26.8. The highest BCUT2D eigenvalue weighted by molar-refractivity contribution is 6.21. The first kappa shape index (κ1) is 55.1. The van der Waals surface area contributed by atoms with Crippen molar-refractivity contribution in [3.63, 3.8) is 0 Å². The number of nitrogens with one attached hydrogen (secondary N) is 1. The molecular formula is C56H81N7O11. The normalized spacial score (nSPS) is 32.4. The minimum absolute atomic E-state index is 0.0582. The van der Waals surface area contributed by atoms with Crippen LogP contribution in [0, 0.1) is 42.4 Å². The number of likely N-dealkylation sites (tertiary alicyclic amines) is 2. The molecule has 5 N–H and O–H groups in total. The quantitative estimate of drug-likeness (QED) is 0.233. The van der Waals surface area contributed by atoms with E-state index < -0.39 is 83.1 Å². The van der Waals surface area contributed by atoms with Gasteiger partial charge in [0, 0.05) is 119 Å². The van der Waals surface area contributed by atoms with Gasteiger partial charge in [0.05, 0.1) is 41.2 Å². The van der Waals surface area contributed by atoms with Crippen molar-refractivity contribution >= 4 is 34.2 Å². The Morgan fingerprint density at radius 2 is 1.55 bits per heavy atom. The number of aliphatic hydroxyl groups excluding tert-OH is 2. The van der Waals surface area contributed by atoms with Crippen molar-refractivity contribution in [2.24, 2.45) is 45.5 Å². The van der Waals surface area contributed by atoms with Gasteiger partial charge in [-0.2, -0.15) is 0 Å². The fraction of sp³-hybridized carbons (Fsp3) is 0.661. The molecule has 3 fully saturated rings. The maximum atomic E-state index is 15.0. The summed E-state index contributed by atoms with van der Waals surface area (Å²) in [6.07, 6.45) is 6.90. The van der Waals surface area contributed by atoms with Gasteiger partial charge in [-0.15, -0.1) is 0 Å². The molecule has 2 amide bonds. The van der Waals surface area contributed by atoms with Crippen LogP contribution in [0.4, 0.5) is 10.5 Å². The Labute approximate surface area is 435 Å². The zero-order valence-corrected chi connectivity index (χ0v) is 45.4. The molecule has 0 saturated carbocycles. The van der Waals surface area contributed by atoms with E-state index in [0.29, 0.717) is 43.5 Å². The van der Waals surface area contributed by atoms with Crippen LogP contribution in [0.15, 0.2) is 46.1 Å². The number of amides is 2. The van der Waals surface area contributed by atoms with E-state index in [0.717, 1.165) is 65.2 Å². The SMILES string of the molecule is CO[C@H]1/C=C/O[C@@]2(C)Oc3c(C)c(O)c4c(O)c(c5c(c4c3C2=O)NC2(CCN(CC(C)C)CC2)N=5)=NC(=O)/C(C)=C\C=C\[C@H](C)[C@H](O)[C@@H](C)[C@@H](O)[C@@H](C)[C@H](OC(=O)N2CCN(CC3CCN(C)CC3)CC2)[C@@H]1C.